The zero-order valence-corrected chi connectivity index (χ0v) is 10.6. The average Bonchev–Trinajstić information content (AvgIpc) is 2.17. The molecule has 0 aromatic carbocycles. The normalized spacial score (nSPS) is 11.7. The molecule has 0 fully saturated rings. The summed E-state index contributed by atoms with van der Waals surface area (Å²) in [5.74, 6) is -0.247. The Labute approximate surface area is 99.2 Å². The number of rotatable bonds is 8. The number of unbranched alkanes of at least 4 members (excludes halogenated alkanes) is 3. The highest BCUT2D eigenvalue weighted by molar-refractivity contribution is 5.85. The van der Waals surface area contributed by atoms with E-state index in [1.165, 1.54) is 12.8 Å². The molecule has 0 aliphatic heterocycles. The first-order chi connectivity index (χ1) is 6.72. The molecule has 0 spiro atoms. The Hall–Kier alpha value is -0.280. The van der Waals surface area contributed by atoms with Gasteiger partial charge in [0.05, 0.1) is 6.61 Å². The van der Waals surface area contributed by atoms with E-state index in [-0.39, 0.29) is 18.4 Å². The van der Waals surface area contributed by atoms with Crippen LogP contribution in [-0.2, 0) is 9.53 Å². The molecule has 0 rings (SSSR count). The molecular weight excluding hydrogens is 214 g/mol. The summed E-state index contributed by atoms with van der Waals surface area (Å²) in [6.07, 6.45) is 6.13. The van der Waals surface area contributed by atoms with Gasteiger partial charge in [0, 0.05) is 0 Å². The molecule has 0 saturated heterocycles. The molecule has 4 heteroatoms. The number of ether oxygens (including phenoxy) is 1. The van der Waals surface area contributed by atoms with Crippen LogP contribution in [0.15, 0.2) is 0 Å². The summed E-state index contributed by atoms with van der Waals surface area (Å²) < 4.78 is 5.04. The van der Waals surface area contributed by atoms with E-state index in [9.17, 15) is 4.79 Å². The summed E-state index contributed by atoms with van der Waals surface area (Å²) in [4.78, 5) is 11.2. The molecule has 3 nitrogen and oxygen atoms in total. The smallest absolute Gasteiger partial charge is 0.322 e. The summed E-state index contributed by atoms with van der Waals surface area (Å²) in [5, 5.41) is 0. The van der Waals surface area contributed by atoms with Crippen molar-refractivity contribution in [3.63, 3.8) is 0 Å². The van der Waals surface area contributed by atoms with Gasteiger partial charge in [-0.1, -0.05) is 39.5 Å². The molecule has 15 heavy (non-hydrogen) atoms. The first-order valence-electron chi connectivity index (χ1n) is 5.64. The Morgan fingerprint density at radius 2 is 1.87 bits per heavy atom. The SMILES string of the molecule is CCCCCCOC(=O)C(N)CCC.Cl. The highest BCUT2D eigenvalue weighted by Gasteiger charge is 2.12. The lowest BCUT2D eigenvalue weighted by molar-refractivity contribution is -0.145. The third-order valence-electron chi connectivity index (χ3n) is 2.14. The van der Waals surface area contributed by atoms with E-state index in [4.69, 9.17) is 10.5 Å². The van der Waals surface area contributed by atoms with Crippen molar-refractivity contribution in [3.8, 4) is 0 Å². The van der Waals surface area contributed by atoms with Crippen LogP contribution in [-0.4, -0.2) is 18.6 Å². The molecule has 0 aromatic heterocycles. The Morgan fingerprint density at radius 1 is 1.20 bits per heavy atom. The molecule has 0 aliphatic carbocycles. The van der Waals surface area contributed by atoms with Crippen LogP contribution in [0.2, 0.25) is 0 Å². The van der Waals surface area contributed by atoms with Crippen LogP contribution < -0.4 is 5.73 Å². The van der Waals surface area contributed by atoms with Crippen molar-refractivity contribution in [1.29, 1.82) is 0 Å². The van der Waals surface area contributed by atoms with Crippen LogP contribution in [0.5, 0.6) is 0 Å². The number of nitrogens with two attached hydrogens (primary N) is 1. The zero-order valence-electron chi connectivity index (χ0n) is 9.83. The number of hydrogen-bond donors (Lipinski definition) is 1. The number of halogens is 1. The monoisotopic (exact) mass is 237 g/mol. The minimum absolute atomic E-state index is 0. The fourth-order valence-electron chi connectivity index (χ4n) is 1.24. The maximum absolute atomic E-state index is 11.2. The molecule has 1 atom stereocenters. The van der Waals surface area contributed by atoms with Crippen molar-refractivity contribution in [2.45, 2.75) is 58.4 Å². The summed E-state index contributed by atoms with van der Waals surface area (Å²) in [6.45, 7) is 4.69. The molecule has 0 heterocycles. The Kier molecular flexibility index (Phi) is 13.5. The van der Waals surface area contributed by atoms with Crippen LogP contribution in [0.4, 0.5) is 0 Å². The summed E-state index contributed by atoms with van der Waals surface area (Å²) in [5.41, 5.74) is 5.59. The van der Waals surface area contributed by atoms with E-state index >= 15 is 0 Å². The molecule has 0 saturated carbocycles. The van der Waals surface area contributed by atoms with Gasteiger partial charge in [0.15, 0.2) is 0 Å². The van der Waals surface area contributed by atoms with Crippen molar-refractivity contribution in [3.05, 3.63) is 0 Å². The van der Waals surface area contributed by atoms with Gasteiger partial charge in [0.2, 0.25) is 0 Å². The van der Waals surface area contributed by atoms with Crippen LogP contribution in [0.3, 0.4) is 0 Å². The topological polar surface area (TPSA) is 52.3 Å². The second kappa shape index (κ2) is 11.8. The van der Waals surface area contributed by atoms with Gasteiger partial charge >= 0.3 is 5.97 Å². The molecule has 2 N–H and O–H groups in total. The Bertz CT molecular complexity index is 154. The van der Waals surface area contributed by atoms with Gasteiger partial charge < -0.3 is 10.5 Å². The number of carbonyl (C=O) groups excluding carboxylic acids is 1. The largest absolute Gasteiger partial charge is 0.465 e. The van der Waals surface area contributed by atoms with Crippen molar-refractivity contribution in [1.82, 2.24) is 0 Å². The lowest BCUT2D eigenvalue weighted by Gasteiger charge is -2.09. The minimum atomic E-state index is -0.425. The van der Waals surface area contributed by atoms with Crippen LogP contribution in [0, 0.1) is 0 Å². The van der Waals surface area contributed by atoms with Gasteiger partial charge in [-0.2, -0.15) is 0 Å². The fourth-order valence-corrected chi connectivity index (χ4v) is 1.24. The van der Waals surface area contributed by atoms with Gasteiger partial charge in [-0.3, -0.25) is 4.79 Å². The van der Waals surface area contributed by atoms with Crippen LogP contribution >= 0.6 is 12.4 Å². The maximum Gasteiger partial charge on any atom is 0.322 e. The molecule has 0 radical (unpaired) electrons. The quantitative estimate of drug-likeness (QED) is 0.522. The highest BCUT2D eigenvalue weighted by Crippen LogP contribution is 2.01. The molecule has 1 unspecified atom stereocenters. The van der Waals surface area contributed by atoms with Crippen LogP contribution in [0.1, 0.15) is 52.4 Å². The van der Waals surface area contributed by atoms with E-state index in [0.717, 1.165) is 19.3 Å². The first-order valence-corrected chi connectivity index (χ1v) is 5.64. The highest BCUT2D eigenvalue weighted by atomic mass is 35.5. The van der Waals surface area contributed by atoms with E-state index in [2.05, 4.69) is 6.92 Å². The predicted octanol–water partition coefficient (Wildman–Crippen LogP) is 2.66. The van der Waals surface area contributed by atoms with Gasteiger partial charge in [0.25, 0.3) is 0 Å². The van der Waals surface area contributed by atoms with Gasteiger partial charge in [-0.15, -0.1) is 12.4 Å². The summed E-state index contributed by atoms with van der Waals surface area (Å²) in [7, 11) is 0. The average molecular weight is 238 g/mol. The van der Waals surface area contributed by atoms with Gasteiger partial charge in [-0.25, -0.2) is 0 Å². The molecule has 0 aromatic rings. The van der Waals surface area contributed by atoms with Gasteiger partial charge in [-0.05, 0) is 12.8 Å². The van der Waals surface area contributed by atoms with E-state index in [0.29, 0.717) is 13.0 Å². The second-order valence-corrected chi connectivity index (χ2v) is 3.62. The van der Waals surface area contributed by atoms with E-state index in [1.54, 1.807) is 0 Å². The number of hydrogen-bond acceptors (Lipinski definition) is 3. The molecular formula is C11H24ClNO2. The van der Waals surface area contributed by atoms with Crippen molar-refractivity contribution < 1.29 is 9.53 Å². The molecule has 0 aliphatic rings. The van der Waals surface area contributed by atoms with Crippen molar-refractivity contribution in [2.75, 3.05) is 6.61 Å². The Morgan fingerprint density at radius 3 is 2.40 bits per heavy atom. The van der Waals surface area contributed by atoms with E-state index in [1.807, 2.05) is 6.92 Å². The number of carbonyl (C=O) groups is 1. The third kappa shape index (κ3) is 10.0. The second-order valence-electron chi connectivity index (χ2n) is 3.62. The standard InChI is InChI=1S/C11H23NO2.ClH/c1-3-5-6-7-9-14-11(13)10(12)8-4-2;/h10H,3-9,12H2,1-2H3;1H. The van der Waals surface area contributed by atoms with Gasteiger partial charge in [0.1, 0.15) is 6.04 Å². The minimum Gasteiger partial charge on any atom is -0.465 e. The summed E-state index contributed by atoms with van der Waals surface area (Å²) >= 11 is 0. The third-order valence-corrected chi connectivity index (χ3v) is 2.14. The maximum atomic E-state index is 11.2. The predicted molar refractivity (Wildman–Crippen MR) is 65.2 cm³/mol. The number of esters is 1. The molecule has 0 amide bonds. The Balaban J connectivity index is 0. The van der Waals surface area contributed by atoms with Crippen molar-refractivity contribution in [2.24, 2.45) is 5.73 Å². The lowest BCUT2D eigenvalue weighted by atomic mass is 10.2. The van der Waals surface area contributed by atoms with Crippen LogP contribution in [0.25, 0.3) is 0 Å². The molecule has 92 valence electrons. The van der Waals surface area contributed by atoms with E-state index < -0.39 is 6.04 Å². The first kappa shape index (κ1) is 17.1. The fraction of sp³-hybridized carbons (Fsp3) is 0.909. The summed E-state index contributed by atoms with van der Waals surface area (Å²) in [6, 6.07) is -0.425. The lowest BCUT2D eigenvalue weighted by Crippen LogP contribution is -2.32. The zero-order chi connectivity index (χ0) is 10.8. The van der Waals surface area contributed by atoms with Crippen molar-refractivity contribution >= 4 is 18.4 Å². The molecule has 0 bridgehead atoms.